The average molecular weight is 389 g/mol. The van der Waals surface area contributed by atoms with Crippen LogP contribution in [0.15, 0.2) is 21.8 Å². The number of nitrogens with one attached hydrogen (secondary N) is 2. The average Bonchev–Trinajstić information content (AvgIpc) is 3.11. The first kappa shape index (κ1) is 20.2. The van der Waals surface area contributed by atoms with Crippen LogP contribution in [0.3, 0.4) is 0 Å². The SMILES string of the molecule is CN=C(NCCS(=O)(=O)NCC1CCCCO1)N(C)Cc1ccsc1. The number of aliphatic imine (C=N–C) groups is 1. The zero-order valence-electron chi connectivity index (χ0n) is 14.9. The molecule has 1 aromatic heterocycles. The molecule has 1 atom stereocenters. The van der Waals surface area contributed by atoms with Crippen LogP contribution in [0.5, 0.6) is 0 Å². The molecule has 1 aliphatic heterocycles. The number of rotatable bonds is 8. The van der Waals surface area contributed by atoms with E-state index in [0.29, 0.717) is 19.0 Å². The van der Waals surface area contributed by atoms with Gasteiger partial charge in [0.2, 0.25) is 10.0 Å². The molecule has 1 saturated heterocycles. The van der Waals surface area contributed by atoms with Crippen molar-refractivity contribution in [1.29, 1.82) is 0 Å². The lowest BCUT2D eigenvalue weighted by Gasteiger charge is -2.23. The molecule has 2 heterocycles. The smallest absolute Gasteiger partial charge is 0.213 e. The number of guanidine groups is 1. The Hall–Kier alpha value is -1.16. The van der Waals surface area contributed by atoms with Crippen LogP contribution < -0.4 is 10.0 Å². The molecule has 0 aromatic carbocycles. The van der Waals surface area contributed by atoms with E-state index in [0.717, 1.165) is 32.4 Å². The lowest BCUT2D eigenvalue weighted by Crippen LogP contribution is -2.43. The zero-order valence-corrected chi connectivity index (χ0v) is 16.5. The summed E-state index contributed by atoms with van der Waals surface area (Å²) >= 11 is 1.65. The van der Waals surface area contributed by atoms with Crippen LogP contribution in [-0.2, 0) is 21.3 Å². The molecule has 1 unspecified atom stereocenters. The maximum absolute atomic E-state index is 12.1. The largest absolute Gasteiger partial charge is 0.377 e. The number of ether oxygens (including phenoxy) is 1. The van der Waals surface area contributed by atoms with Crippen molar-refractivity contribution in [3.8, 4) is 0 Å². The summed E-state index contributed by atoms with van der Waals surface area (Å²) < 4.78 is 32.4. The molecule has 0 aliphatic carbocycles. The molecule has 7 nitrogen and oxygen atoms in total. The lowest BCUT2D eigenvalue weighted by atomic mass is 10.1. The fourth-order valence-electron chi connectivity index (χ4n) is 2.67. The topological polar surface area (TPSA) is 83.0 Å². The van der Waals surface area contributed by atoms with Gasteiger partial charge in [0, 0.05) is 40.3 Å². The Morgan fingerprint density at radius 2 is 2.32 bits per heavy atom. The van der Waals surface area contributed by atoms with Gasteiger partial charge in [0.05, 0.1) is 11.9 Å². The van der Waals surface area contributed by atoms with E-state index in [9.17, 15) is 8.42 Å². The summed E-state index contributed by atoms with van der Waals surface area (Å²) in [5.41, 5.74) is 1.21. The van der Waals surface area contributed by atoms with Gasteiger partial charge >= 0.3 is 0 Å². The quantitative estimate of drug-likeness (QED) is 0.517. The van der Waals surface area contributed by atoms with Crippen LogP contribution >= 0.6 is 11.3 Å². The maximum Gasteiger partial charge on any atom is 0.213 e. The molecule has 1 aromatic rings. The third kappa shape index (κ3) is 7.31. The van der Waals surface area contributed by atoms with E-state index in [4.69, 9.17) is 4.74 Å². The molecule has 1 aliphatic rings. The van der Waals surface area contributed by atoms with Gasteiger partial charge in [0.1, 0.15) is 0 Å². The Kier molecular flexibility index (Phi) is 8.14. The van der Waals surface area contributed by atoms with Crippen LogP contribution in [0.2, 0.25) is 0 Å². The van der Waals surface area contributed by atoms with Crippen molar-refractivity contribution < 1.29 is 13.2 Å². The Morgan fingerprint density at radius 3 is 2.96 bits per heavy atom. The summed E-state index contributed by atoms with van der Waals surface area (Å²) in [5, 5.41) is 7.23. The van der Waals surface area contributed by atoms with E-state index in [1.807, 2.05) is 17.3 Å². The predicted octanol–water partition coefficient (Wildman–Crippen LogP) is 1.24. The fraction of sp³-hybridized carbons (Fsp3) is 0.688. The van der Waals surface area contributed by atoms with Crippen LogP contribution in [0.1, 0.15) is 24.8 Å². The minimum Gasteiger partial charge on any atom is -0.377 e. The van der Waals surface area contributed by atoms with Crippen molar-refractivity contribution in [2.24, 2.45) is 4.99 Å². The van der Waals surface area contributed by atoms with Crippen molar-refractivity contribution in [2.75, 3.05) is 39.5 Å². The molecule has 142 valence electrons. The summed E-state index contributed by atoms with van der Waals surface area (Å²) in [6.45, 7) is 2.12. The van der Waals surface area contributed by atoms with E-state index < -0.39 is 10.0 Å². The second-order valence-corrected chi connectivity index (χ2v) is 8.82. The number of sulfonamides is 1. The van der Waals surface area contributed by atoms with Gasteiger partial charge in [-0.1, -0.05) is 0 Å². The van der Waals surface area contributed by atoms with E-state index in [2.05, 4.69) is 26.5 Å². The van der Waals surface area contributed by atoms with Gasteiger partial charge < -0.3 is 15.0 Å². The minimum atomic E-state index is -3.32. The van der Waals surface area contributed by atoms with Gasteiger partial charge in [-0.3, -0.25) is 4.99 Å². The van der Waals surface area contributed by atoms with Gasteiger partial charge in [-0.05, 0) is 41.7 Å². The first-order valence-electron chi connectivity index (χ1n) is 8.52. The van der Waals surface area contributed by atoms with Crippen molar-refractivity contribution in [2.45, 2.75) is 31.9 Å². The fourth-order valence-corrected chi connectivity index (χ4v) is 4.29. The third-order valence-corrected chi connectivity index (χ3v) is 6.11. The Morgan fingerprint density at radius 1 is 1.48 bits per heavy atom. The molecular formula is C16H28N4O3S2. The molecule has 1 fully saturated rings. The highest BCUT2D eigenvalue weighted by atomic mass is 32.2. The van der Waals surface area contributed by atoms with E-state index >= 15 is 0 Å². The molecule has 25 heavy (non-hydrogen) atoms. The summed E-state index contributed by atoms with van der Waals surface area (Å²) in [7, 11) is 0.300. The van der Waals surface area contributed by atoms with Crippen molar-refractivity contribution in [3.05, 3.63) is 22.4 Å². The highest BCUT2D eigenvalue weighted by Crippen LogP contribution is 2.12. The second-order valence-electron chi connectivity index (χ2n) is 6.12. The maximum atomic E-state index is 12.1. The zero-order chi connectivity index (χ0) is 18.1. The lowest BCUT2D eigenvalue weighted by molar-refractivity contribution is 0.0200. The van der Waals surface area contributed by atoms with Gasteiger partial charge in [-0.25, -0.2) is 13.1 Å². The summed E-state index contributed by atoms with van der Waals surface area (Å²) in [4.78, 5) is 6.18. The van der Waals surface area contributed by atoms with E-state index in [1.54, 1.807) is 18.4 Å². The monoisotopic (exact) mass is 388 g/mol. The molecule has 0 bridgehead atoms. The standard InChI is InChI=1S/C16H28N4O3S2/c1-17-16(20(2)12-14-6-9-24-13-14)18-7-10-25(21,22)19-11-15-5-3-4-8-23-15/h6,9,13,15,19H,3-5,7-8,10-12H2,1-2H3,(H,17,18). The number of hydrogen-bond acceptors (Lipinski definition) is 5. The normalized spacial score (nSPS) is 19.0. The van der Waals surface area contributed by atoms with Gasteiger partial charge in [0.25, 0.3) is 0 Å². The van der Waals surface area contributed by atoms with Crippen LogP contribution in [-0.4, -0.2) is 64.9 Å². The summed E-state index contributed by atoms with van der Waals surface area (Å²) in [6, 6.07) is 2.07. The van der Waals surface area contributed by atoms with Crippen LogP contribution in [0, 0.1) is 0 Å². The van der Waals surface area contributed by atoms with Gasteiger partial charge in [-0.15, -0.1) is 0 Å². The third-order valence-electron chi connectivity index (χ3n) is 4.03. The van der Waals surface area contributed by atoms with Crippen molar-refractivity contribution in [1.82, 2.24) is 14.9 Å². The molecule has 2 rings (SSSR count). The highest BCUT2D eigenvalue weighted by Gasteiger charge is 2.18. The molecule has 0 spiro atoms. The number of nitrogens with zero attached hydrogens (tertiary/aromatic N) is 2. The molecule has 0 radical (unpaired) electrons. The molecule has 0 saturated carbocycles. The van der Waals surface area contributed by atoms with Crippen molar-refractivity contribution >= 4 is 27.3 Å². The predicted molar refractivity (Wildman–Crippen MR) is 103 cm³/mol. The Bertz CT molecular complexity index is 626. The second kappa shape index (κ2) is 10.1. The highest BCUT2D eigenvalue weighted by molar-refractivity contribution is 7.89. The first-order valence-corrected chi connectivity index (χ1v) is 11.1. The van der Waals surface area contributed by atoms with Gasteiger partial charge in [0.15, 0.2) is 5.96 Å². The van der Waals surface area contributed by atoms with Gasteiger partial charge in [-0.2, -0.15) is 11.3 Å². The summed E-state index contributed by atoms with van der Waals surface area (Å²) in [6.07, 6.45) is 3.08. The minimum absolute atomic E-state index is 0.000920. The first-order chi connectivity index (χ1) is 12.0. The Balaban J connectivity index is 1.71. The number of thiophene rings is 1. The van der Waals surface area contributed by atoms with Crippen LogP contribution in [0.25, 0.3) is 0 Å². The van der Waals surface area contributed by atoms with Crippen molar-refractivity contribution in [3.63, 3.8) is 0 Å². The van der Waals surface area contributed by atoms with E-state index in [-0.39, 0.29) is 11.9 Å². The molecule has 2 N–H and O–H groups in total. The molecule has 0 amide bonds. The Labute approximate surface area is 154 Å². The van der Waals surface area contributed by atoms with Crippen LogP contribution in [0.4, 0.5) is 0 Å². The molecule has 9 heteroatoms. The summed E-state index contributed by atoms with van der Waals surface area (Å²) in [5.74, 6) is 0.683. The molecular weight excluding hydrogens is 360 g/mol. The number of hydrogen-bond donors (Lipinski definition) is 2. The van der Waals surface area contributed by atoms with E-state index in [1.165, 1.54) is 5.56 Å².